The molecule has 13 heavy (non-hydrogen) atoms. The summed E-state index contributed by atoms with van der Waals surface area (Å²) in [5.41, 5.74) is 0.666. The Morgan fingerprint density at radius 2 is 1.77 bits per heavy atom. The second kappa shape index (κ2) is 3.71. The molecule has 0 heterocycles. The highest BCUT2D eigenvalue weighted by atomic mass is 31.2. The van der Waals surface area contributed by atoms with Gasteiger partial charge in [-0.25, -0.2) is 0 Å². The minimum Gasteiger partial charge on any atom is -0.319 e. The van der Waals surface area contributed by atoms with Crippen molar-refractivity contribution in [1.82, 2.24) is 0 Å². The number of benzene rings is 1. The highest BCUT2D eigenvalue weighted by Crippen LogP contribution is 2.34. The predicted octanol–water partition coefficient (Wildman–Crippen LogP) is 1.89. The first-order chi connectivity index (χ1) is 6.04. The maximum atomic E-state index is 11.6. The Morgan fingerprint density at radius 3 is 2.15 bits per heavy atom. The van der Waals surface area contributed by atoms with Gasteiger partial charge in [-0.15, -0.1) is 5.11 Å². The van der Waals surface area contributed by atoms with E-state index in [-0.39, 0.29) is 0 Å². The fourth-order valence-electron chi connectivity index (χ4n) is 0.945. The molecular formula is C8H12N3OP. The van der Waals surface area contributed by atoms with E-state index in [4.69, 9.17) is 5.84 Å². The second-order valence-corrected chi connectivity index (χ2v) is 6.30. The summed E-state index contributed by atoms with van der Waals surface area (Å²) in [5, 5.41) is 7.63. The normalized spacial score (nSPS) is 12.2. The molecule has 0 spiro atoms. The first-order valence-corrected chi connectivity index (χ1v) is 6.40. The van der Waals surface area contributed by atoms with Crippen molar-refractivity contribution in [2.45, 2.75) is 0 Å². The molecule has 70 valence electrons. The van der Waals surface area contributed by atoms with Crippen LogP contribution in [0.4, 0.5) is 5.69 Å². The lowest BCUT2D eigenvalue weighted by Gasteiger charge is -2.05. The fourth-order valence-corrected chi connectivity index (χ4v) is 1.81. The van der Waals surface area contributed by atoms with E-state index >= 15 is 0 Å². The Balaban J connectivity index is 3.01. The minimum absolute atomic E-state index is 0.666. The van der Waals surface area contributed by atoms with Gasteiger partial charge in [0.15, 0.2) is 0 Å². The molecule has 4 nitrogen and oxygen atoms in total. The Hall–Kier alpha value is -1.15. The van der Waals surface area contributed by atoms with E-state index in [1.165, 1.54) is 0 Å². The van der Waals surface area contributed by atoms with Crippen molar-refractivity contribution in [3.63, 3.8) is 0 Å². The molecule has 0 aliphatic heterocycles. The van der Waals surface area contributed by atoms with Gasteiger partial charge in [0.05, 0.1) is 5.69 Å². The van der Waals surface area contributed by atoms with Crippen LogP contribution in [0.5, 0.6) is 0 Å². The monoisotopic (exact) mass is 197 g/mol. The summed E-state index contributed by atoms with van der Waals surface area (Å²) in [5.74, 6) is 4.89. The van der Waals surface area contributed by atoms with Gasteiger partial charge in [-0.2, -0.15) is 0 Å². The number of hydrogen-bond donors (Lipinski definition) is 1. The molecule has 1 aromatic rings. The van der Waals surface area contributed by atoms with Crippen molar-refractivity contribution in [3.8, 4) is 0 Å². The highest BCUT2D eigenvalue weighted by molar-refractivity contribution is 7.70. The fraction of sp³-hybridized carbons (Fsp3) is 0.250. The van der Waals surface area contributed by atoms with Gasteiger partial charge in [0.1, 0.15) is 7.14 Å². The van der Waals surface area contributed by atoms with E-state index in [0.717, 1.165) is 5.30 Å². The van der Waals surface area contributed by atoms with Crippen LogP contribution in [0.25, 0.3) is 0 Å². The molecule has 5 heteroatoms. The van der Waals surface area contributed by atoms with E-state index in [9.17, 15) is 4.57 Å². The van der Waals surface area contributed by atoms with Crippen LogP contribution in [0.3, 0.4) is 0 Å². The summed E-state index contributed by atoms with van der Waals surface area (Å²) in [6.45, 7) is 3.46. The van der Waals surface area contributed by atoms with Gasteiger partial charge >= 0.3 is 0 Å². The van der Waals surface area contributed by atoms with Crippen LogP contribution >= 0.6 is 7.14 Å². The average Bonchev–Trinajstić information content (AvgIpc) is 2.04. The van der Waals surface area contributed by atoms with Crippen LogP contribution < -0.4 is 11.1 Å². The topological polar surface area (TPSA) is 67.8 Å². The second-order valence-electron chi connectivity index (χ2n) is 3.08. The molecule has 0 aliphatic rings. The number of nitrogens with two attached hydrogens (primary N) is 1. The van der Waals surface area contributed by atoms with E-state index in [1.54, 1.807) is 37.6 Å². The van der Waals surface area contributed by atoms with Gasteiger partial charge in [-0.3, -0.25) is 0 Å². The SMILES string of the molecule is CP(C)(=O)c1ccc(N=NN)cc1. The molecule has 0 unspecified atom stereocenters. The average molecular weight is 197 g/mol. The zero-order chi connectivity index (χ0) is 9.90. The molecule has 0 aliphatic carbocycles. The molecule has 2 N–H and O–H groups in total. The van der Waals surface area contributed by atoms with Crippen molar-refractivity contribution in [3.05, 3.63) is 24.3 Å². The van der Waals surface area contributed by atoms with Gasteiger partial charge in [0.25, 0.3) is 0 Å². The smallest absolute Gasteiger partial charge is 0.109 e. The molecule has 0 bridgehead atoms. The molecule has 1 aromatic carbocycles. The number of hydrogen-bond acceptors (Lipinski definition) is 3. The van der Waals surface area contributed by atoms with Crippen LogP contribution in [0.15, 0.2) is 34.6 Å². The molecule has 0 saturated carbocycles. The maximum Gasteiger partial charge on any atom is 0.109 e. The first kappa shape index (κ1) is 9.93. The van der Waals surface area contributed by atoms with E-state index in [0.29, 0.717) is 5.69 Å². The Bertz CT molecular complexity index is 352. The zero-order valence-corrected chi connectivity index (χ0v) is 8.53. The zero-order valence-electron chi connectivity index (χ0n) is 7.64. The minimum atomic E-state index is -2.16. The summed E-state index contributed by atoms with van der Waals surface area (Å²) in [4.78, 5) is 0. The third kappa shape index (κ3) is 2.67. The molecule has 0 atom stereocenters. The van der Waals surface area contributed by atoms with E-state index in [2.05, 4.69) is 10.3 Å². The summed E-state index contributed by atoms with van der Waals surface area (Å²) in [7, 11) is -2.16. The van der Waals surface area contributed by atoms with Crippen molar-refractivity contribution in [2.75, 3.05) is 13.3 Å². The number of nitrogens with zero attached hydrogens (tertiary/aromatic N) is 2. The molecule has 1 rings (SSSR count). The van der Waals surface area contributed by atoms with E-state index in [1.807, 2.05) is 0 Å². The predicted molar refractivity (Wildman–Crippen MR) is 54.2 cm³/mol. The van der Waals surface area contributed by atoms with Crippen molar-refractivity contribution in [1.29, 1.82) is 0 Å². The van der Waals surface area contributed by atoms with Gasteiger partial charge < -0.3 is 10.4 Å². The Morgan fingerprint density at radius 1 is 1.23 bits per heavy atom. The maximum absolute atomic E-state index is 11.6. The van der Waals surface area contributed by atoms with Crippen LogP contribution in [0.2, 0.25) is 0 Å². The van der Waals surface area contributed by atoms with Gasteiger partial charge in [0.2, 0.25) is 0 Å². The summed E-state index contributed by atoms with van der Waals surface area (Å²) in [6, 6.07) is 7.05. The van der Waals surface area contributed by atoms with Crippen LogP contribution in [0, 0.1) is 0 Å². The van der Waals surface area contributed by atoms with Crippen molar-refractivity contribution < 1.29 is 4.57 Å². The third-order valence-electron chi connectivity index (χ3n) is 1.64. The standard InChI is InChI=1S/C8H12N3OP/c1-13(2,12)8-5-3-7(4-6-8)10-11-9/h3-6H,1-2H3,(H2,9,10). The summed E-state index contributed by atoms with van der Waals surface area (Å²) in [6.07, 6.45) is 0. The van der Waals surface area contributed by atoms with Gasteiger partial charge in [-0.05, 0) is 37.6 Å². The quantitative estimate of drug-likeness (QED) is 0.340. The largest absolute Gasteiger partial charge is 0.319 e. The molecule has 0 radical (unpaired) electrons. The lowest BCUT2D eigenvalue weighted by atomic mass is 10.3. The van der Waals surface area contributed by atoms with Crippen LogP contribution in [-0.4, -0.2) is 13.3 Å². The first-order valence-electron chi connectivity index (χ1n) is 3.80. The number of rotatable bonds is 2. The lowest BCUT2D eigenvalue weighted by Crippen LogP contribution is -2.00. The lowest BCUT2D eigenvalue weighted by molar-refractivity contribution is 0.588. The van der Waals surface area contributed by atoms with Crippen molar-refractivity contribution >= 4 is 18.1 Å². The van der Waals surface area contributed by atoms with Crippen molar-refractivity contribution in [2.24, 2.45) is 16.2 Å². The van der Waals surface area contributed by atoms with Crippen LogP contribution in [-0.2, 0) is 4.57 Å². The highest BCUT2D eigenvalue weighted by Gasteiger charge is 2.09. The van der Waals surface area contributed by atoms with Crippen LogP contribution in [0.1, 0.15) is 0 Å². The molecule has 0 aromatic heterocycles. The van der Waals surface area contributed by atoms with E-state index < -0.39 is 7.14 Å². The molecule has 0 amide bonds. The van der Waals surface area contributed by atoms with Gasteiger partial charge in [0, 0.05) is 5.30 Å². The third-order valence-corrected chi connectivity index (χ3v) is 3.19. The Labute approximate surface area is 77.2 Å². The molecule has 0 fully saturated rings. The van der Waals surface area contributed by atoms with Gasteiger partial charge in [-0.1, -0.05) is 5.22 Å². The summed E-state index contributed by atoms with van der Waals surface area (Å²) < 4.78 is 11.6. The molecule has 0 saturated heterocycles. The Kier molecular flexibility index (Phi) is 2.83. The molecular weight excluding hydrogens is 185 g/mol. The summed E-state index contributed by atoms with van der Waals surface area (Å²) >= 11 is 0.